The van der Waals surface area contributed by atoms with Crippen LogP contribution in [0.4, 0.5) is 0 Å². The van der Waals surface area contributed by atoms with Gasteiger partial charge in [-0.15, -0.1) is 0 Å². The fourth-order valence-corrected chi connectivity index (χ4v) is 4.18. The minimum atomic E-state index is -1.13. The summed E-state index contributed by atoms with van der Waals surface area (Å²) in [5, 5.41) is 22.7. The van der Waals surface area contributed by atoms with Crippen molar-refractivity contribution in [3.63, 3.8) is 0 Å². The van der Waals surface area contributed by atoms with Crippen molar-refractivity contribution >= 4 is 61.4 Å². The Balaban J connectivity index is 1.84. The predicted molar refractivity (Wildman–Crippen MR) is 126 cm³/mol. The molecule has 2 N–H and O–H groups in total. The van der Waals surface area contributed by atoms with Gasteiger partial charge in [-0.25, -0.2) is 4.79 Å². The summed E-state index contributed by atoms with van der Waals surface area (Å²) in [5.74, 6) is -0.980. The van der Waals surface area contributed by atoms with Gasteiger partial charge < -0.3 is 19.8 Å². The summed E-state index contributed by atoms with van der Waals surface area (Å²) in [6, 6.07) is 14.1. The number of aromatic hydroxyl groups is 1. The van der Waals surface area contributed by atoms with Crippen LogP contribution in [0.5, 0.6) is 17.2 Å². The molecule has 0 aliphatic heterocycles. The summed E-state index contributed by atoms with van der Waals surface area (Å²) in [6.45, 7) is -0.545. The third kappa shape index (κ3) is 6.09. The van der Waals surface area contributed by atoms with Crippen LogP contribution in [0.25, 0.3) is 0 Å². The lowest BCUT2D eigenvalue weighted by Gasteiger charge is -2.12. The van der Waals surface area contributed by atoms with E-state index in [1.54, 1.807) is 30.3 Å². The number of ether oxygens (including phenoxy) is 1. The van der Waals surface area contributed by atoms with Crippen molar-refractivity contribution in [3.05, 3.63) is 85.3 Å². The normalized spacial score (nSPS) is 10.8. The minimum absolute atomic E-state index is 0.0661. The van der Waals surface area contributed by atoms with Gasteiger partial charge in [0.25, 0.3) is 0 Å². The topological polar surface area (TPSA) is 105 Å². The quantitative estimate of drug-likeness (QED) is 0.191. The number of aliphatic carboxylic acids is 1. The summed E-state index contributed by atoms with van der Waals surface area (Å²) in [6.07, 6.45) is 1.35. The number of carbonyl (C=O) groups is 2. The van der Waals surface area contributed by atoms with Crippen molar-refractivity contribution in [2.24, 2.45) is 5.16 Å². The van der Waals surface area contributed by atoms with Crippen molar-refractivity contribution < 1.29 is 29.4 Å². The molecule has 0 bridgehead atoms. The number of hydrogen-bond acceptors (Lipinski definition) is 6. The van der Waals surface area contributed by atoms with E-state index in [2.05, 4.69) is 41.9 Å². The zero-order chi connectivity index (χ0) is 23.3. The van der Waals surface area contributed by atoms with Gasteiger partial charge >= 0.3 is 5.97 Å². The van der Waals surface area contributed by atoms with E-state index in [1.165, 1.54) is 30.5 Å². The Morgan fingerprint density at radius 3 is 2.44 bits per heavy atom. The Bertz CT molecular complexity index is 1190. The molecule has 3 aromatic rings. The SMILES string of the molecule is O=C(O)CON=Cc1cc(Br)c(Oc2ccc(O)c(C(=O)c3cccc(Cl)c3)c2)c(Br)c1. The number of rotatable bonds is 8. The molecule has 0 saturated carbocycles. The maximum atomic E-state index is 12.8. The van der Waals surface area contributed by atoms with Crippen LogP contribution >= 0.6 is 43.5 Å². The zero-order valence-corrected chi connectivity index (χ0v) is 20.0. The third-order valence-electron chi connectivity index (χ3n) is 4.00. The van der Waals surface area contributed by atoms with Crippen LogP contribution in [0.15, 0.2) is 68.7 Å². The summed E-state index contributed by atoms with van der Waals surface area (Å²) >= 11 is 12.8. The van der Waals surface area contributed by atoms with Crippen LogP contribution < -0.4 is 4.74 Å². The van der Waals surface area contributed by atoms with Crippen LogP contribution in [-0.2, 0) is 9.63 Å². The molecule has 164 valence electrons. The van der Waals surface area contributed by atoms with Gasteiger partial charge in [-0.2, -0.15) is 0 Å². The number of ketones is 1. The molecule has 3 aromatic carbocycles. The van der Waals surface area contributed by atoms with Gasteiger partial charge in [-0.05, 0) is 79.9 Å². The highest BCUT2D eigenvalue weighted by atomic mass is 79.9. The fraction of sp³-hybridized carbons (Fsp3) is 0.0455. The number of carbonyl (C=O) groups excluding carboxylic acids is 1. The molecule has 0 amide bonds. The highest BCUT2D eigenvalue weighted by molar-refractivity contribution is 9.11. The minimum Gasteiger partial charge on any atom is -0.507 e. The number of phenolic OH excluding ortho intramolecular Hbond substituents is 1. The van der Waals surface area contributed by atoms with E-state index in [4.69, 9.17) is 21.4 Å². The molecule has 0 spiro atoms. The van der Waals surface area contributed by atoms with Gasteiger partial charge in [-0.3, -0.25) is 4.79 Å². The van der Waals surface area contributed by atoms with Crippen molar-refractivity contribution in [1.82, 2.24) is 0 Å². The fourth-order valence-electron chi connectivity index (χ4n) is 2.61. The lowest BCUT2D eigenvalue weighted by molar-refractivity contribution is -0.142. The molecule has 0 aromatic heterocycles. The Kier molecular flexibility index (Phi) is 7.89. The number of halogens is 3. The maximum absolute atomic E-state index is 12.8. The molecule has 0 aliphatic carbocycles. The number of hydrogen-bond donors (Lipinski definition) is 2. The van der Waals surface area contributed by atoms with Gasteiger partial charge in [0.2, 0.25) is 6.61 Å². The molecule has 32 heavy (non-hydrogen) atoms. The third-order valence-corrected chi connectivity index (χ3v) is 5.42. The van der Waals surface area contributed by atoms with Gasteiger partial charge in [0.05, 0.1) is 20.7 Å². The second-order valence-corrected chi connectivity index (χ2v) is 8.48. The summed E-state index contributed by atoms with van der Waals surface area (Å²) in [4.78, 5) is 27.9. The van der Waals surface area contributed by atoms with Crippen LogP contribution in [-0.4, -0.2) is 34.8 Å². The highest BCUT2D eigenvalue weighted by Crippen LogP contribution is 2.38. The van der Waals surface area contributed by atoms with E-state index < -0.39 is 18.4 Å². The molecule has 3 rings (SSSR count). The lowest BCUT2D eigenvalue weighted by atomic mass is 10.0. The molecule has 10 heteroatoms. The standard InChI is InChI=1S/C22H14Br2ClNO6/c23-17-6-12(10-26-31-11-20(28)29)7-18(24)22(17)32-15-4-5-19(27)16(9-15)21(30)13-2-1-3-14(25)8-13/h1-10,27H,11H2,(H,28,29). The molecular weight excluding hydrogens is 570 g/mol. The van der Waals surface area contributed by atoms with Crippen LogP contribution in [0, 0.1) is 0 Å². The number of carboxylic acid groups (broad SMARTS) is 1. The van der Waals surface area contributed by atoms with Crippen molar-refractivity contribution in [1.29, 1.82) is 0 Å². The summed E-state index contributed by atoms with van der Waals surface area (Å²) in [5.41, 5.74) is 1.02. The van der Waals surface area contributed by atoms with Gasteiger partial charge in [0.1, 0.15) is 11.5 Å². The van der Waals surface area contributed by atoms with Gasteiger partial charge in [0, 0.05) is 10.6 Å². The average Bonchev–Trinajstić information content (AvgIpc) is 2.74. The molecule has 0 radical (unpaired) electrons. The molecule has 0 heterocycles. The van der Waals surface area contributed by atoms with E-state index in [1.807, 2.05) is 0 Å². The highest BCUT2D eigenvalue weighted by Gasteiger charge is 2.17. The number of phenols is 1. The van der Waals surface area contributed by atoms with E-state index >= 15 is 0 Å². The van der Waals surface area contributed by atoms with Crippen LogP contribution in [0.2, 0.25) is 5.02 Å². The van der Waals surface area contributed by atoms with Gasteiger partial charge in [0.15, 0.2) is 11.5 Å². The molecular formula is C22H14Br2ClNO6. The van der Waals surface area contributed by atoms with E-state index in [0.29, 0.717) is 36.6 Å². The summed E-state index contributed by atoms with van der Waals surface area (Å²) in [7, 11) is 0. The molecule has 0 fully saturated rings. The second kappa shape index (κ2) is 10.6. The van der Waals surface area contributed by atoms with Crippen molar-refractivity contribution in [2.45, 2.75) is 0 Å². The number of benzene rings is 3. The molecule has 0 atom stereocenters. The van der Waals surface area contributed by atoms with Crippen molar-refractivity contribution in [2.75, 3.05) is 6.61 Å². The van der Waals surface area contributed by atoms with E-state index in [0.717, 1.165) is 0 Å². The maximum Gasteiger partial charge on any atom is 0.344 e. The van der Waals surface area contributed by atoms with E-state index in [9.17, 15) is 14.7 Å². The van der Waals surface area contributed by atoms with E-state index in [-0.39, 0.29) is 11.3 Å². The lowest BCUT2D eigenvalue weighted by Crippen LogP contribution is -2.03. The molecule has 0 aliphatic rings. The van der Waals surface area contributed by atoms with Crippen LogP contribution in [0.3, 0.4) is 0 Å². The number of oxime groups is 1. The zero-order valence-electron chi connectivity index (χ0n) is 16.1. The smallest absolute Gasteiger partial charge is 0.344 e. The Labute approximate surface area is 204 Å². The first-order chi connectivity index (χ1) is 15.2. The van der Waals surface area contributed by atoms with Crippen LogP contribution in [0.1, 0.15) is 21.5 Å². The second-order valence-electron chi connectivity index (χ2n) is 6.34. The van der Waals surface area contributed by atoms with Gasteiger partial charge in [-0.1, -0.05) is 28.9 Å². The Morgan fingerprint density at radius 2 is 1.78 bits per heavy atom. The predicted octanol–water partition coefficient (Wildman–Crippen LogP) is 6.03. The molecule has 0 saturated heterocycles. The monoisotopic (exact) mass is 581 g/mol. The summed E-state index contributed by atoms with van der Waals surface area (Å²) < 4.78 is 7.04. The average molecular weight is 584 g/mol. The Morgan fingerprint density at radius 1 is 1.06 bits per heavy atom. The largest absolute Gasteiger partial charge is 0.507 e. The first-order valence-corrected chi connectivity index (χ1v) is 10.9. The first-order valence-electron chi connectivity index (χ1n) is 8.92. The first kappa shape index (κ1) is 23.8. The molecule has 7 nitrogen and oxygen atoms in total. The number of carboxylic acids is 1. The molecule has 0 unspecified atom stereocenters. The number of nitrogens with zero attached hydrogens (tertiary/aromatic N) is 1. The van der Waals surface area contributed by atoms with Crippen molar-refractivity contribution in [3.8, 4) is 17.2 Å². The Hall–Kier alpha value is -2.88.